The van der Waals surface area contributed by atoms with E-state index >= 15 is 4.79 Å². The highest BCUT2D eigenvalue weighted by Gasteiger charge is 2.72. The number of hydrogen-bond acceptors (Lipinski definition) is 6. The van der Waals surface area contributed by atoms with Crippen LogP contribution in [-0.4, -0.2) is 24.6 Å². The van der Waals surface area contributed by atoms with E-state index in [9.17, 15) is 15.3 Å². The number of carbonyl (C=O) groups excluding carboxylic acids is 2. The summed E-state index contributed by atoms with van der Waals surface area (Å²) >= 11 is 0. The molecule has 0 fully saturated rings. The number of amides is 1. The van der Waals surface area contributed by atoms with Crippen molar-refractivity contribution in [2.45, 2.75) is 58.1 Å². The van der Waals surface area contributed by atoms with Crippen molar-refractivity contribution in [1.29, 1.82) is 10.5 Å². The molecule has 0 bridgehead atoms. The Morgan fingerprint density at radius 1 is 1.00 bits per heavy atom. The monoisotopic (exact) mass is 559 g/mol. The quantitative estimate of drug-likeness (QED) is 0.345. The van der Waals surface area contributed by atoms with Crippen LogP contribution in [0.15, 0.2) is 78.4 Å². The molecule has 3 aromatic rings. The third kappa shape index (κ3) is 4.25. The second-order valence-corrected chi connectivity index (χ2v) is 12.0. The van der Waals surface area contributed by atoms with Gasteiger partial charge in [0.15, 0.2) is 5.41 Å². The molecule has 5 rings (SSSR count). The molecule has 2 aliphatic rings. The molecule has 1 spiro atoms. The number of ether oxygens (including phenoxy) is 2. The Hall–Kier alpha value is -4.88. The van der Waals surface area contributed by atoms with Crippen molar-refractivity contribution in [2.75, 3.05) is 12.0 Å². The van der Waals surface area contributed by atoms with Gasteiger partial charge in [0, 0.05) is 11.5 Å². The number of nitrogens with zero attached hydrogens (tertiary/aromatic N) is 3. The molecule has 7 nitrogen and oxygen atoms in total. The van der Waals surface area contributed by atoms with E-state index in [2.05, 4.69) is 12.1 Å². The number of rotatable bonds is 5. The van der Waals surface area contributed by atoms with Crippen LogP contribution < -0.4 is 9.64 Å². The van der Waals surface area contributed by atoms with E-state index in [1.54, 1.807) is 32.8 Å². The minimum absolute atomic E-state index is 0.129. The van der Waals surface area contributed by atoms with Crippen molar-refractivity contribution < 1.29 is 19.1 Å². The summed E-state index contributed by atoms with van der Waals surface area (Å²) < 4.78 is 11.1. The van der Waals surface area contributed by atoms with Crippen molar-refractivity contribution >= 4 is 17.6 Å². The van der Waals surface area contributed by atoms with Gasteiger partial charge in [-0.3, -0.25) is 4.79 Å². The highest BCUT2D eigenvalue weighted by Crippen LogP contribution is 2.66. The molecule has 2 atom stereocenters. The van der Waals surface area contributed by atoms with Crippen molar-refractivity contribution in [2.24, 2.45) is 5.41 Å². The number of methoxy groups -OCH3 is 1. The number of fused-ring (bicyclic) bond motifs is 2. The molecular weight excluding hydrogens is 526 g/mol. The number of aryl methyl sites for hydroxylation is 2. The summed E-state index contributed by atoms with van der Waals surface area (Å²) in [6.45, 7) is 9.33. The third-order valence-corrected chi connectivity index (χ3v) is 8.08. The fraction of sp³-hybridized carbons (Fsp3) is 0.314. The summed E-state index contributed by atoms with van der Waals surface area (Å²) in [7, 11) is 1.59. The van der Waals surface area contributed by atoms with Crippen molar-refractivity contribution in [3.8, 4) is 17.9 Å². The van der Waals surface area contributed by atoms with Gasteiger partial charge in [-0.2, -0.15) is 10.5 Å². The SMILES string of the molecule is COc1ccc(CN2C(=O)[C@]3(c4cc(C)cc(C)c42)[C@H](c2ccccc2)C(C(=O)OC(C)(C)C)=CC3(C#N)C#N)cc1. The summed E-state index contributed by atoms with van der Waals surface area (Å²) in [5.41, 5.74) is 0.00176. The van der Waals surface area contributed by atoms with Crippen molar-refractivity contribution in [3.05, 3.63) is 106 Å². The van der Waals surface area contributed by atoms with Crippen LogP contribution in [0.3, 0.4) is 0 Å². The highest BCUT2D eigenvalue weighted by atomic mass is 16.6. The van der Waals surface area contributed by atoms with E-state index in [4.69, 9.17) is 9.47 Å². The third-order valence-electron chi connectivity index (χ3n) is 8.08. The molecule has 0 radical (unpaired) electrons. The van der Waals surface area contributed by atoms with E-state index in [1.807, 2.05) is 80.6 Å². The molecule has 1 aliphatic heterocycles. The van der Waals surface area contributed by atoms with E-state index < -0.39 is 34.2 Å². The number of nitriles is 2. The Kier molecular flexibility index (Phi) is 6.95. The highest BCUT2D eigenvalue weighted by molar-refractivity contribution is 6.14. The molecule has 0 N–H and O–H groups in total. The maximum Gasteiger partial charge on any atom is 0.334 e. The Morgan fingerprint density at radius 3 is 2.21 bits per heavy atom. The fourth-order valence-electron chi connectivity index (χ4n) is 6.52. The molecule has 1 heterocycles. The van der Waals surface area contributed by atoms with Gasteiger partial charge in [0.05, 0.1) is 31.5 Å². The Labute approximate surface area is 246 Å². The first kappa shape index (κ1) is 28.6. The molecule has 3 aromatic carbocycles. The topological polar surface area (TPSA) is 103 Å². The number of carbonyl (C=O) groups is 2. The van der Waals surface area contributed by atoms with Crippen LogP contribution >= 0.6 is 0 Å². The summed E-state index contributed by atoms with van der Waals surface area (Å²) in [6.07, 6.45) is 1.38. The van der Waals surface area contributed by atoms with Gasteiger partial charge in [-0.15, -0.1) is 0 Å². The minimum Gasteiger partial charge on any atom is -0.497 e. The summed E-state index contributed by atoms with van der Waals surface area (Å²) in [5, 5.41) is 21.6. The zero-order chi connectivity index (χ0) is 30.4. The fourth-order valence-corrected chi connectivity index (χ4v) is 6.52. The number of esters is 1. The van der Waals surface area contributed by atoms with Gasteiger partial charge >= 0.3 is 5.97 Å². The molecule has 1 aliphatic carbocycles. The molecule has 7 heteroatoms. The van der Waals surface area contributed by atoms with Gasteiger partial charge < -0.3 is 14.4 Å². The predicted molar refractivity (Wildman–Crippen MR) is 159 cm³/mol. The van der Waals surface area contributed by atoms with E-state index in [1.165, 1.54) is 6.08 Å². The second kappa shape index (κ2) is 10.2. The number of hydrogen-bond donors (Lipinski definition) is 0. The number of benzene rings is 3. The lowest BCUT2D eigenvalue weighted by molar-refractivity contribution is -0.150. The maximum absolute atomic E-state index is 15.2. The molecule has 0 aromatic heterocycles. The molecule has 212 valence electrons. The summed E-state index contributed by atoms with van der Waals surface area (Å²) in [6, 6.07) is 24.9. The van der Waals surface area contributed by atoms with Gasteiger partial charge in [-0.05, 0) is 75.1 Å². The lowest BCUT2D eigenvalue weighted by Crippen LogP contribution is -2.52. The van der Waals surface area contributed by atoms with Crippen LogP contribution in [0.25, 0.3) is 0 Å². The smallest absolute Gasteiger partial charge is 0.334 e. The maximum atomic E-state index is 15.2. The molecule has 42 heavy (non-hydrogen) atoms. The van der Waals surface area contributed by atoms with Crippen LogP contribution in [0.5, 0.6) is 5.75 Å². The molecular formula is C35H33N3O4. The van der Waals surface area contributed by atoms with Crippen LogP contribution in [0.4, 0.5) is 5.69 Å². The molecule has 0 unspecified atom stereocenters. The predicted octanol–water partition coefficient (Wildman–Crippen LogP) is 6.20. The average Bonchev–Trinajstić information content (AvgIpc) is 3.40. The van der Waals surface area contributed by atoms with Crippen molar-refractivity contribution in [3.63, 3.8) is 0 Å². The molecule has 0 saturated heterocycles. The van der Waals surface area contributed by atoms with Gasteiger partial charge in [0.25, 0.3) is 0 Å². The Bertz CT molecular complexity index is 1670. The second-order valence-electron chi connectivity index (χ2n) is 12.0. The zero-order valence-corrected chi connectivity index (χ0v) is 24.7. The zero-order valence-electron chi connectivity index (χ0n) is 24.7. The first-order chi connectivity index (χ1) is 19.9. The lowest BCUT2D eigenvalue weighted by Gasteiger charge is -2.38. The van der Waals surface area contributed by atoms with Gasteiger partial charge in [0.2, 0.25) is 5.91 Å². The largest absolute Gasteiger partial charge is 0.497 e. The van der Waals surface area contributed by atoms with Crippen LogP contribution in [0, 0.1) is 41.9 Å². The normalized spacial score (nSPS) is 20.5. The average molecular weight is 560 g/mol. The Balaban J connectivity index is 1.82. The standard InChI is InChI=1S/C35H33N3O4/c1-22-16-23(2)30-28(17-22)35(32(40)38(30)19-24-12-14-26(41-6)15-13-24)29(25-10-8-7-9-11-25)27(18-34(35,20-36)21-37)31(39)42-33(3,4)5/h7-18,29H,19H2,1-6H3/t29-,35+/m1/s1. The first-order valence-electron chi connectivity index (χ1n) is 13.8. The Morgan fingerprint density at radius 2 is 1.64 bits per heavy atom. The van der Waals surface area contributed by atoms with Crippen LogP contribution in [-0.2, 0) is 26.3 Å². The number of anilines is 1. The minimum atomic E-state index is -1.99. The van der Waals surface area contributed by atoms with Crippen molar-refractivity contribution in [1.82, 2.24) is 0 Å². The summed E-state index contributed by atoms with van der Waals surface area (Å²) in [5.74, 6) is -1.32. The van der Waals surface area contributed by atoms with Crippen LogP contribution in [0.1, 0.15) is 54.5 Å². The first-order valence-corrected chi connectivity index (χ1v) is 13.8. The molecule has 1 amide bonds. The van der Waals surface area contributed by atoms with Gasteiger partial charge in [0.1, 0.15) is 16.8 Å². The summed E-state index contributed by atoms with van der Waals surface area (Å²) in [4.78, 5) is 30.7. The number of allylic oxidation sites excluding steroid dienone is 1. The molecule has 0 saturated carbocycles. The van der Waals surface area contributed by atoms with Gasteiger partial charge in [-0.25, -0.2) is 4.79 Å². The van der Waals surface area contributed by atoms with E-state index in [0.29, 0.717) is 22.6 Å². The van der Waals surface area contributed by atoms with Gasteiger partial charge in [-0.1, -0.05) is 60.2 Å². The van der Waals surface area contributed by atoms with Crippen LogP contribution in [0.2, 0.25) is 0 Å². The lowest BCUT2D eigenvalue weighted by atomic mass is 9.57. The van der Waals surface area contributed by atoms with E-state index in [-0.39, 0.29) is 12.1 Å². The van der Waals surface area contributed by atoms with E-state index in [0.717, 1.165) is 16.7 Å².